The van der Waals surface area contributed by atoms with E-state index in [4.69, 9.17) is 9.84 Å². The van der Waals surface area contributed by atoms with E-state index in [-0.39, 0.29) is 6.61 Å². The lowest BCUT2D eigenvalue weighted by Crippen LogP contribution is -2.48. The first-order valence-corrected chi connectivity index (χ1v) is 10.3. The molecule has 0 spiro atoms. The minimum atomic E-state index is -1.15. The van der Waals surface area contributed by atoms with Crippen LogP contribution in [0.25, 0.3) is 0 Å². The van der Waals surface area contributed by atoms with Gasteiger partial charge in [0.15, 0.2) is 0 Å². The van der Waals surface area contributed by atoms with Crippen molar-refractivity contribution < 1.29 is 19.4 Å². The first-order chi connectivity index (χ1) is 12.6. The zero-order chi connectivity index (χ0) is 20.2. The number of carboxylic acids is 1. The predicted octanol–water partition coefficient (Wildman–Crippen LogP) is 5.53. The highest BCUT2D eigenvalue weighted by Gasteiger charge is 2.51. The van der Waals surface area contributed by atoms with Gasteiger partial charge in [-0.05, 0) is 74.7 Å². The van der Waals surface area contributed by atoms with Crippen molar-refractivity contribution in [3.05, 3.63) is 23.3 Å². The summed E-state index contributed by atoms with van der Waals surface area (Å²) < 4.78 is 4.96. The molecule has 0 aromatic carbocycles. The SMILES string of the molecule is CC1=CC[C@H]2C(C)(C)CCC[C@]2(C)[C@H]1CC/C(C)=C/COC(=O)CC(=O)O. The van der Waals surface area contributed by atoms with Crippen LogP contribution >= 0.6 is 0 Å². The zero-order valence-corrected chi connectivity index (χ0v) is 17.6. The smallest absolute Gasteiger partial charge is 0.317 e. The van der Waals surface area contributed by atoms with Crippen LogP contribution in [0.4, 0.5) is 0 Å². The normalized spacial score (nSPS) is 30.3. The first kappa shape index (κ1) is 21.7. The fourth-order valence-corrected chi connectivity index (χ4v) is 5.62. The van der Waals surface area contributed by atoms with Crippen LogP contribution in [0.15, 0.2) is 23.3 Å². The number of aliphatic carboxylic acids is 1. The Morgan fingerprint density at radius 1 is 1.30 bits per heavy atom. The molecule has 2 aliphatic rings. The maximum atomic E-state index is 11.3. The van der Waals surface area contributed by atoms with Crippen molar-refractivity contribution in [3.63, 3.8) is 0 Å². The van der Waals surface area contributed by atoms with E-state index < -0.39 is 18.4 Å². The van der Waals surface area contributed by atoms with Crippen LogP contribution in [0.2, 0.25) is 0 Å². The molecule has 0 aliphatic heterocycles. The molecule has 0 unspecified atom stereocenters. The number of fused-ring (bicyclic) bond motifs is 1. The van der Waals surface area contributed by atoms with Gasteiger partial charge in [-0.3, -0.25) is 9.59 Å². The van der Waals surface area contributed by atoms with Crippen molar-refractivity contribution in [2.75, 3.05) is 6.61 Å². The van der Waals surface area contributed by atoms with Crippen molar-refractivity contribution in [2.24, 2.45) is 22.7 Å². The van der Waals surface area contributed by atoms with Gasteiger partial charge in [-0.15, -0.1) is 0 Å². The van der Waals surface area contributed by atoms with Crippen LogP contribution in [-0.4, -0.2) is 23.7 Å². The van der Waals surface area contributed by atoms with Crippen LogP contribution < -0.4 is 0 Å². The highest BCUT2D eigenvalue weighted by Crippen LogP contribution is 2.60. The number of carbonyl (C=O) groups excluding carboxylic acids is 1. The van der Waals surface area contributed by atoms with Crippen molar-refractivity contribution in [1.82, 2.24) is 0 Å². The van der Waals surface area contributed by atoms with Gasteiger partial charge in [0.05, 0.1) is 0 Å². The van der Waals surface area contributed by atoms with Gasteiger partial charge in [-0.2, -0.15) is 0 Å². The van der Waals surface area contributed by atoms with Crippen LogP contribution in [0.1, 0.15) is 79.6 Å². The van der Waals surface area contributed by atoms with Gasteiger partial charge in [0.2, 0.25) is 0 Å². The van der Waals surface area contributed by atoms with Gasteiger partial charge in [0.1, 0.15) is 13.0 Å². The number of ether oxygens (including phenoxy) is 1. The summed E-state index contributed by atoms with van der Waals surface area (Å²) in [6.45, 7) is 11.9. The number of carbonyl (C=O) groups is 2. The van der Waals surface area contributed by atoms with Crippen molar-refractivity contribution in [3.8, 4) is 0 Å². The molecular weight excluding hydrogens is 340 g/mol. The highest BCUT2D eigenvalue weighted by molar-refractivity contribution is 5.90. The average Bonchev–Trinajstić information content (AvgIpc) is 2.52. The summed E-state index contributed by atoms with van der Waals surface area (Å²) in [5.41, 5.74) is 3.51. The molecule has 0 bridgehead atoms. The van der Waals surface area contributed by atoms with Crippen molar-refractivity contribution in [1.29, 1.82) is 0 Å². The maximum Gasteiger partial charge on any atom is 0.317 e. The number of allylic oxidation sites excluding steroid dienone is 3. The number of esters is 1. The molecule has 0 radical (unpaired) electrons. The Balaban J connectivity index is 1.96. The van der Waals surface area contributed by atoms with E-state index >= 15 is 0 Å². The van der Waals surface area contributed by atoms with Crippen molar-refractivity contribution in [2.45, 2.75) is 79.6 Å². The molecule has 0 amide bonds. The molecule has 2 rings (SSSR count). The molecule has 1 saturated carbocycles. The van der Waals surface area contributed by atoms with Crippen molar-refractivity contribution >= 4 is 11.9 Å². The van der Waals surface area contributed by atoms with Gasteiger partial charge in [0.25, 0.3) is 0 Å². The van der Waals surface area contributed by atoms with Crippen LogP contribution in [0.5, 0.6) is 0 Å². The second-order valence-electron chi connectivity index (χ2n) is 9.48. The van der Waals surface area contributed by atoms with E-state index in [1.165, 1.54) is 36.8 Å². The lowest BCUT2D eigenvalue weighted by Gasteiger charge is -2.57. The standard InChI is InChI=1S/C23H36O4/c1-16(11-14-27-21(26)15-20(24)25)7-9-18-17(2)8-10-19-22(3,4)12-6-13-23(18,19)5/h8,11,18-19H,6-7,9-10,12-15H2,1-5H3,(H,24,25)/b16-11+/t18-,19-,23+/m0/s1. The summed E-state index contributed by atoms with van der Waals surface area (Å²) in [4.78, 5) is 21.8. The Hall–Kier alpha value is -1.58. The van der Waals surface area contributed by atoms with Gasteiger partial charge in [-0.25, -0.2) is 0 Å². The number of hydrogen-bond acceptors (Lipinski definition) is 3. The third-order valence-corrected chi connectivity index (χ3v) is 7.10. The Morgan fingerprint density at radius 2 is 2.00 bits per heavy atom. The minimum Gasteiger partial charge on any atom is -0.481 e. The molecule has 4 heteroatoms. The van der Waals surface area contributed by atoms with Gasteiger partial charge >= 0.3 is 11.9 Å². The third kappa shape index (κ3) is 5.24. The molecule has 152 valence electrons. The zero-order valence-electron chi connectivity index (χ0n) is 17.6. The second kappa shape index (κ2) is 8.62. The second-order valence-corrected chi connectivity index (χ2v) is 9.48. The van der Waals surface area contributed by atoms with E-state index in [1.54, 1.807) is 0 Å². The van der Waals surface area contributed by atoms with E-state index in [0.717, 1.165) is 18.8 Å². The summed E-state index contributed by atoms with van der Waals surface area (Å²) in [6.07, 6.45) is 11.1. The van der Waals surface area contributed by atoms with E-state index in [2.05, 4.69) is 40.7 Å². The largest absolute Gasteiger partial charge is 0.481 e. The molecule has 0 heterocycles. The molecule has 0 aromatic heterocycles. The lowest BCUT2D eigenvalue weighted by atomic mass is 9.48. The Bertz CT molecular complexity index is 628. The summed E-state index contributed by atoms with van der Waals surface area (Å²) in [6, 6.07) is 0. The molecule has 0 saturated heterocycles. The molecule has 27 heavy (non-hydrogen) atoms. The van der Waals surface area contributed by atoms with Gasteiger partial charge in [-0.1, -0.05) is 44.4 Å². The molecule has 1 N–H and O–H groups in total. The van der Waals surface area contributed by atoms with Crippen LogP contribution in [0.3, 0.4) is 0 Å². The maximum absolute atomic E-state index is 11.3. The fraction of sp³-hybridized carbons (Fsp3) is 0.739. The monoisotopic (exact) mass is 376 g/mol. The Kier molecular flexibility index (Phi) is 6.93. The van der Waals surface area contributed by atoms with Crippen LogP contribution in [0, 0.1) is 22.7 Å². The van der Waals surface area contributed by atoms with E-state index in [1.807, 2.05) is 6.08 Å². The van der Waals surface area contributed by atoms with Crippen LogP contribution in [-0.2, 0) is 14.3 Å². The fourth-order valence-electron chi connectivity index (χ4n) is 5.62. The number of hydrogen-bond donors (Lipinski definition) is 1. The molecular formula is C23H36O4. The minimum absolute atomic E-state index is 0.157. The number of rotatable bonds is 7. The molecule has 0 aromatic rings. The lowest BCUT2D eigenvalue weighted by molar-refractivity contribution is -0.150. The predicted molar refractivity (Wildman–Crippen MR) is 107 cm³/mol. The Labute approximate surface area is 164 Å². The third-order valence-electron chi connectivity index (χ3n) is 7.10. The first-order valence-electron chi connectivity index (χ1n) is 10.3. The Morgan fingerprint density at radius 3 is 2.67 bits per heavy atom. The number of carboxylic acid groups (broad SMARTS) is 1. The molecule has 2 aliphatic carbocycles. The quantitative estimate of drug-likeness (QED) is 0.360. The van der Waals surface area contributed by atoms with E-state index in [9.17, 15) is 9.59 Å². The topological polar surface area (TPSA) is 63.6 Å². The molecule has 3 atom stereocenters. The van der Waals surface area contributed by atoms with Gasteiger partial charge in [0, 0.05) is 0 Å². The summed E-state index contributed by atoms with van der Waals surface area (Å²) in [7, 11) is 0. The highest BCUT2D eigenvalue weighted by atomic mass is 16.5. The summed E-state index contributed by atoms with van der Waals surface area (Å²) in [5.74, 6) is -0.488. The summed E-state index contributed by atoms with van der Waals surface area (Å²) in [5, 5.41) is 8.58. The molecule has 4 nitrogen and oxygen atoms in total. The molecule has 1 fully saturated rings. The van der Waals surface area contributed by atoms with E-state index in [0.29, 0.717) is 16.7 Å². The summed E-state index contributed by atoms with van der Waals surface area (Å²) >= 11 is 0. The van der Waals surface area contributed by atoms with Gasteiger partial charge < -0.3 is 9.84 Å². The average molecular weight is 377 g/mol.